The standard InChI is InChI=1S/C16H13N3S/c20-16(15-5-1-2-10-17-15)18-13-6-8-14(9-7-13)19-11-3-4-12-19/h1-12H,(H,18,20). The summed E-state index contributed by atoms with van der Waals surface area (Å²) in [4.78, 5) is 4.85. The van der Waals surface area contributed by atoms with Crippen LogP contribution in [0, 0.1) is 0 Å². The largest absolute Gasteiger partial charge is 0.345 e. The molecule has 0 fully saturated rings. The molecule has 1 N–H and O–H groups in total. The predicted molar refractivity (Wildman–Crippen MR) is 85.3 cm³/mol. The first-order valence-corrected chi connectivity index (χ1v) is 6.69. The quantitative estimate of drug-likeness (QED) is 0.742. The number of pyridine rings is 1. The zero-order valence-corrected chi connectivity index (χ0v) is 11.5. The Kier molecular flexibility index (Phi) is 3.56. The summed E-state index contributed by atoms with van der Waals surface area (Å²) in [6.07, 6.45) is 5.76. The molecule has 1 aromatic carbocycles. The Morgan fingerprint density at radius 3 is 2.35 bits per heavy atom. The second kappa shape index (κ2) is 5.67. The van der Waals surface area contributed by atoms with Gasteiger partial charge in [0.1, 0.15) is 4.99 Å². The van der Waals surface area contributed by atoms with Gasteiger partial charge in [-0.2, -0.15) is 0 Å². The number of benzene rings is 1. The first-order valence-electron chi connectivity index (χ1n) is 6.29. The highest BCUT2D eigenvalue weighted by atomic mass is 32.1. The van der Waals surface area contributed by atoms with Crippen molar-refractivity contribution in [2.75, 3.05) is 5.32 Å². The molecule has 4 heteroatoms. The zero-order valence-electron chi connectivity index (χ0n) is 10.7. The molecule has 0 spiro atoms. The molecule has 0 aliphatic rings. The number of anilines is 1. The van der Waals surface area contributed by atoms with Crippen molar-refractivity contribution in [1.29, 1.82) is 0 Å². The van der Waals surface area contributed by atoms with Crippen molar-refractivity contribution in [3.05, 3.63) is 78.9 Å². The minimum Gasteiger partial charge on any atom is -0.345 e. The third-order valence-electron chi connectivity index (χ3n) is 2.93. The molecule has 0 saturated heterocycles. The third kappa shape index (κ3) is 2.75. The molecule has 0 saturated carbocycles. The van der Waals surface area contributed by atoms with Crippen LogP contribution in [-0.4, -0.2) is 14.5 Å². The van der Waals surface area contributed by atoms with E-state index in [9.17, 15) is 0 Å². The lowest BCUT2D eigenvalue weighted by atomic mass is 10.2. The Morgan fingerprint density at radius 2 is 1.70 bits per heavy atom. The molecule has 0 aliphatic heterocycles. The highest BCUT2D eigenvalue weighted by Crippen LogP contribution is 2.14. The normalized spacial score (nSPS) is 10.2. The Morgan fingerprint density at radius 1 is 0.950 bits per heavy atom. The number of nitrogens with zero attached hydrogens (tertiary/aromatic N) is 2. The fourth-order valence-electron chi connectivity index (χ4n) is 1.92. The van der Waals surface area contributed by atoms with Gasteiger partial charge in [0, 0.05) is 30.0 Å². The predicted octanol–water partition coefficient (Wildman–Crippen LogP) is 3.66. The minimum atomic E-state index is 0.624. The van der Waals surface area contributed by atoms with Gasteiger partial charge in [0.05, 0.1) is 5.69 Å². The van der Waals surface area contributed by atoms with Crippen molar-refractivity contribution in [2.45, 2.75) is 0 Å². The van der Waals surface area contributed by atoms with Gasteiger partial charge in [-0.25, -0.2) is 0 Å². The van der Waals surface area contributed by atoms with Crippen LogP contribution in [-0.2, 0) is 0 Å². The summed E-state index contributed by atoms with van der Waals surface area (Å²) < 4.78 is 2.06. The van der Waals surface area contributed by atoms with Gasteiger partial charge in [-0.05, 0) is 48.5 Å². The molecule has 0 atom stereocenters. The summed E-state index contributed by atoms with van der Waals surface area (Å²) >= 11 is 5.34. The van der Waals surface area contributed by atoms with Crippen LogP contribution in [0.4, 0.5) is 5.69 Å². The first-order chi connectivity index (χ1) is 9.83. The van der Waals surface area contributed by atoms with Crippen LogP contribution in [0.5, 0.6) is 0 Å². The van der Waals surface area contributed by atoms with Gasteiger partial charge in [-0.1, -0.05) is 18.3 Å². The lowest BCUT2D eigenvalue weighted by molar-refractivity contribution is 1.08. The Hall–Kier alpha value is -2.46. The molecule has 3 aromatic rings. The van der Waals surface area contributed by atoms with Crippen LogP contribution < -0.4 is 5.32 Å². The molecular formula is C16H13N3S. The molecule has 0 aliphatic carbocycles. The molecule has 98 valence electrons. The number of thiocarbonyl (C=S) groups is 1. The smallest absolute Gasteiger partial charge is 0.129 e. The average Bonchev–Trinajstić information content (AvgIpc) is 3.03. The maximum absolute atomic E-state index is 5.34. The maximum Gasteiger partial charge on any atom is 0.129 e. The molecule has 0 unspecified atom stereocenters. The Labute approximate surface area is 122 Å². The van der Waals surface area contributed by atoms with E-state index in [1.165, 1.54) is 0 Å². The molecule has 2 aromatic heterocycles. The molecule has 2 heterocycles. The van der Waals surface area contributed by atoms with Crippen LogP contribution in [0.2, 0.25) is 0 Å². The van der Waals surface area contributed by atoms with E-state index in [1.54, 1.807) is 6.20 Å². The van der Waals surface area contributed by atoms with E-state index in [1.807, 2.05) is 67.0 Å². The zero-order chi connectivity index (χ0) is 13.8. The van der Waals surface area contributed by atoms with E-state index in [4.69, 9.17) is 12.2 Å². The van der Waals surface area contributed by atoms with Gasteiger partial charge in [-0.3, -0.25) is 4.98 Å². The van der Waals surface area contributed by atoms with Crippen molar-refractivity contribution in [1.82, 2.24) is 9.55 Å². The molecular weight excluding hydrogens is 266 g/mol. The van der Waals surface area contributed by atoms with Gasteiger partial charge < -0.3 is 9.88 Å². The van der Waals surface area contributed by atoms with E-state index in [2.05, 4.69) is 14.9 Å². The van der Waals surface area contributed by atoms with Crippen LogP contribution in [0.1, 0.15) is 5.69 Å². The average molecular weight is 279 g/mol. The lowest BCUT2D eigenvalue weighted by Crippen LogP contribution is -2.11. The summed E-state index contributed by atoms with van der Waals surface area (Å²) in [5.41, 5.74) is 2.85. The molecule has 0 radical (unpaired) electrons. The van der Waals surface area contributed by atoms with Gasteiger partial charge >= 0.3 is 0 Å². The Balaban J connectivity index is 1.74. The number of rotatable bonds is 3. The maximum atomic E-state index is 5.34. The second-order valence-electron chi connectivity index (χ2n) is 4.31. The molecule has 20 heavy (non-hydrogen) atoms. The fourth-order valence-corrected chi connectivity index (χ4v) is 2.15. The van der Waals surface area contributed by atoms with Crippen molar-refractivity contribution in [3.8, 4) is 5.69 Å². The fraction of sp³-hybridized carbons (Fsp3) is 0. The SMILES string of the molecule is S=C(Nc1ccc(-n2cccc2)cc1)c1ccccn1. The summed E-state index contributed by atoms with van der Waals surface area (Å²) in [7, 11) is 0. The number of nitrogens with one attached hydrogen (secondary N) is 1. The van der Waals surface area contributed by atoms with Gasteiger partial charge in [0.15, 0.2) is 0 Å². The van der Waals surface area contributed by atoms with Gasteiger partial charge in [0.25, 0.3) is 0 Å². The molecule has 0 bridgehead atoms. The van der Waals surface area contributed by atoms with Crippen LogP contribution in [0.15, 0.2) is 73.2 Å². The molecule has 3 rings (SSSR count). The monoisotopic (exact) mass is 279 g/mol. The van der Waals surface area contributed by atoms with Crippen molar-refractivity contribution in [2.24, 2.45) is 0 Å². The highest BCUT2D eigenvalue weighted by molar-refractivity contribution is 7.81. The summed E-state index contributed by atoms with van der Waals surface area (Å²) in [6.45, 7) is 0. The Bertz CT molecular complexity index is 688. The summed E-state index contributed by atoms with van der Waals surface area (Å²) in [5.74, 6) is 0. The lowest BCUT2D eigenvalue weighted by Gasteiger charge is -2.08. The molecule has 3 nitrogen and oxygen atoms in total. The van der Waals surface area contributed by atoms with Gasteiger partial charge in [-0.15, -0.1) is 0 Å². The van der Waals surface area contributed by atoms with Crippen LogP contribution >= 0.6 is 12.2 Å². The topological polar surface area (TPSA) is 29.9 Å². The van der Waals surface area contributed by atoms with Crippen molar-refractivity contribution >= 4 is 22.9 Å². The van der Waals surface area contributed by atoms with Crippen LogP contribution in [0.3, 0.4) is 0 Å². The van der Waals surface area contributed by atoms with Crippen molar-refractivity contribution < 1.29 is 0 Å². The summed E-state index contributed by atoms with van der Waals surface area (Å²) in [5, 5.41) is 3.19. The van der Waals surface area contributed by atoms with E-state index in [-0.39, 0.29) is 0 Å². The van der Waals surface area contributed by atoms with E-state index in [0.717, 1.165) is 17.1 Å². The minimum absolute atomic E-state index is 0.624. The van der Waals surface area contributed by atoms with E-state index in [0.29, 0.717) is 4.99 Å². The first kappa shape index (κ1) is 12.6. The number of hydrogen-bond acceptors (Lipinski definition) is 2. The number of hydrogen-bond donors (Lipinski definition) is 1. The van der Waals surface area contributed by atoms with E-state index < -0.39 is 0 Å². The third-order valence-corrected chi connectivity index (χ3v) is 3.24. The van der Waals surface area contributed by atoms with Crippen molar-refractivity contribution in [3.63, 3.8) is 0 Å². The van der Waals surface area contributed by atoms with Gasteiger partial charge in [0.2, 0.25) is 0 Å². The van der Waals surface area contributed by atoms with E-state index >= 15 is 0 Å². The molecule has 0 amide bonds. The number of aromatic nitrogens is 2. The van der Waals surface area contributed by atoms with Crippen LogP contribution in [0.25, 0.3) is 5.69 Å². The second-order valence-corrected chi connectivity index (χ2v) is 4.71. The highest BCUT2D eigenvalue weighted by Gasteiger charge is 2.02. The summed E-state index contributed by atoms with van der Waals surface area (Å²) in [6, 6.07) is 17.8.